The van der Waals surface area contributed by atoms with E-state index < -0.39 is 24.1 Å². The number of anilines is 1. The van der Waals surface area contributed by atoms with Gasteiger partial charge in [0.2, 0.25) is 0 Å². The zero-order valence-electron chi connectivity index (χ0n) is 17.1. The largest absolute Gasteiger partial charge is 0.478 e. The predicted octanol–water partition coefficient (Wildman–Crippen LogP) is 3.02. The summed E-state index contributed by atoms with van der Waals surface area (Å²) in [5, 5.41) is 5.53. The molecule has 3 atom stereocenters. The van der Waals surface area contributed by atoms with Gasteiger partial charge in [0, 0.05) is 12.5 Å². The van der Waals surface area contributed by atoms with Gasteiger partial charge in [0.15, 0.2) is 12.2 Å². The Morgan fingerprint density at radius 1 is 1.13 bits per heavy atom. The number of amides is 2. The minimum absolute atomic E-state index is 0.178. The third-order valence-electron chi connectivity index (χ3n) is 5.02. The van der Waals surface area contributed by atoms with Gasteiger partial charge in [0.1, 0.15) is 5.75 Å². The summed E-state index contributed by atoms with van der Waals surface area (Å²) >= 11 is 0. The third-order valence-corrected chi connectivity index (χ3v) is 5.02. The Labute approximate surface area is 175 Å². The van der Waals surface area contributed by atoms with E-state index in [0.717, 1.165) is 12.0 Å². The Hall–Kier alpha value is -3.35. The molecule has 0 aromatic heterocycles. The van der Waals surface area contributed by atoms with Crippen LogP contribution in [0.3, 0.4) is 0 Å². The lowest BCUT2D eigenvalue weighted by Gasteiger charge is -2.25. The van der Waals surface area contributed by atoms with Crippen molar-refractivity contribution in [1.82, 2.24) is 5.32 Å². The monoisotopic (exact) mass is 410 g/mol. The molecule has 0 fully saturated rings. The van der Waals surface area contributed by atoms with Gasteiger partial charge in [-0.25, -0.2) is 0 Å². The molecule has 0 unspecified atom stereocenters. The van der Waals surface area contributed by atoms with Crippen LogP contribution in [0.25, 0.3) is 0 Å². The molecule has 1 aliphatic heterocycles. The molecule has 3 rings (SSSR count). The van der Waals surface area contributed by atoms with Crippen molar-refractivity contribution in [3.8, 4) is 5.75 Å². The molecule has 0 radical (unpaired) electrons. The second-order valence-electron chi connectivity index (χ2n) is 7.19. The van der Waals surface area contributed by atoms with Crippen LogP contribution in [0.1, 0.15) is 38.2 Å². The first-order valence-electron chi connectivity index (χ1n) is 10.1. The molecule has 158 valence electrons. The molecule has 0 saturated carbocycles. The summed E-state index contributed by atoms with van der Waals surface area (Å²) in [5.74, 6) is -0.801. The Kier molecular flexibility index (Phi) is 7.06. The van der Waals surface area contributed by atoms with Crippen LogP contribution in [0.15, 0.2) is 54.6 Å². The normalized spacial score (nSPS) is 17.0. The highest BCUT2D eigenvalue weighted by atomic mass is 16.6. The minimum Gasteiger partial charge on any atom is -0.478 e. The van der Waals surface area contributed by atoms with Crippen LogP contribution in [-0.4, -0.2) is 36.5 Å². The number of para-hydroxylation sites is 2. The van der Waals surface area contributed by atoms with E-state index in [1.807, 2.05) is 30.3 Å². The molecule has 0 aliphatic carbocycles. The van der Waals surface area contributed by atoms with Crippen molar-refractivity contribution in [2.24, 2.45) is 0 Å². The molecule has 2 amide bonds. The van der Waals surface area contributed by atoms with Crippen LogP contribution in [0.4, 0.5) is 5.69 Å². The van der Waals surface area contributed by atoms with Crippen LogP contribution in [-0.2, 0) is 19.1 Å². The summed E-state index contributed by atoms with van der Waals surface area (Å²) in [4.78, 5) is 36.7. The molecule has 7 nitrogen and oxygen atoms in total. The number of fused-ring (bicyclic) bond motifs is 1. The van der Waals surface area contributed by atoms with E-state index in [2.05, 4.69) is 17.6 Å². The number of carbonyl (C=O) groups is 3. The molecule has 2 N–H and O–H groups in total. The first-order valence-corrected chi connectivity index (χ1v) is 10.1. The second kappa shape index (κ2) is 9.91. The standard InChI is InChI=1S/C23H26N2O5/c1-3-16(17-9-5-4-6-10-17)14-24-22(27)15(2)29-21(26)13-20-23(28)25-18-11-7-8-12-19(18)30-20/h4-12,15-16,20H,3,13-14H2,1-2H3,(H,24,27)(H,25,28)/t15-,16-,20+/m0/s1. The Bertz CT molecular complexity index is 899. The van der Waals surface area contributed by atoms with Crippen molar-refractivity contribution in [1.29, 1.82) is 0 Å². The first kappa shape index (κ1) is 21.4. The van der Waals surface area contributed by atoms with E-state index in [9.17, 15) is 14.4 Å². The third kappa shape index (κ3) is 5.37. The van der Waals surface area contributed by atoms with E-state index in [0.29, 0.717) is 18.0 Å². The molecule has 2 aromatic rings. The van der Waals surface area contributed by atoms with Gasteiger partial charge in [0.05, 0.1) is 12.1 Å². The first-order chi connectivity index (χ1) is 14.5. The van der Waals surface area contributed by atoms with Gasteiger partial charge >= 0.3 is 5.97 Å². The topological polar surface area (TPSA) is 93.7 Å². The average Bonchev–Trinajstić information content (AvgIpc) is 2.75. The van der Waals surface area contributed by atoms with Gasteiger partial charge in [0.25, 0.3) is 11.8 Å². The molecule has 0 saturated heterocycles. The summed E-state index contributed by atoms with van der Waals surface area (Å²) in [6.07, 6.45) is -1.37. The fourth-order valence-electron chi connectivity index (χ4n) is 3.27. The van der Waals surface area contributed by atoms with E-state index in [-0.39, 0.29) is 18.2 Å². The number of nitrogens with one attached hydrogen (secondary N) is 2. The lowest BCUT2D eigenvalue weighted by molar-refractivity contribution is -0.157. The minimum atomic E-state index is -0.995. The van der Waals surface area contributed by atoms with E-state index in [1.54, 1.807) is 24.3 Å². The Balaban J connectivity index is 1.48. The van der Waals surface area contributed by atoms with Gasteiger partial charge in [-0.15, -0.1) is 0 Å². The van der Waals surface area contributed by atoms with Gasteiger partial charge in [-0.1, -0.05) is 49.4 Å². The van der Waals surface area contributed by atoms with Crippen molar-refractivity contribution < 1.29 is 23.9 Å². The highest BCUT2D eigenvalue weighted by Crippen LogP contribution is 2.29. The molecule has 30 heavy (non-hydrogen) atoms. The molecule has 0 spiro atoms. The highest BCUT2D eigenvalue weighted by molar-refractivity contribution is 5.99. The molecular formula is C23H26N2O5. The summed E-state index contributed by atoms with van der Waals surface area (Å²) in [7, 11) is 0. The van der Waals surface area contributed by atoms with Gasteiger partial charge in [-0.3, -0.25) is 14.4 Å². The molecule has 2 aromatic carbocycles. The Morgan fingerprint density at radius 3 is 2.57 bits per heavy atom. The van der Waals surface area contributed by atoms with Crippen LogP contribution in [0, 0.1) is 0 Å². The Morgan fingerprint density at radius 2 is 1.83 bits per heavy atom. The number of benzene rings is 2. The van der Waals surface area contributed by atoms with Crippen molar-refractivity contribution in [3.63, 3.8) is 0 Å². The fourth-order valence-corrected chi connectivity index (χ4v) is 3.27. The number of esters is 1. The van der Waals surface area contributed by atoms with Gasteiger partial charge < -0.3 is 20.1 Å². The average molecular weight is 410 g/mol. The van der Waals surface area contributed by atoms with E-state index >= 15 is 0 Å². The van der Waals surface area contributed by atoms with Gasteiger partial charge in [-0.2, -0.15) is 0 Å². The summed E-state index contributed by atoms with van der Waals surface area (Å²) in [6, 6.07) is 16.9. The fraction of sp³-hybridized carbons (Fsp3) is 0.348. The maximum Gasteiger partial charge on any atom is 0.310 e. The summed E-state index contributed by atoms with van der Waals surface area (Å²) < 4.78 is 10.8. The predicted molar refractivity (Wildman–Crippen MR) is 112 cm³/mol. The smallest absolute Gasteiger partial charge is 0.310 e. The second-order valence-corrected chi connectivity index (χ2v) is 7.19. The molecule has 1 heterocycles. The lowest BCUT2D eigenvalue weighted by atomic mass is 9.96. The van der Waals surface area contributed by atoms with E-state index in [1.165, 1.54) is 6.92 Å². The molecular weight excluding hydrogens is 384 g/mol. The van der Waals surface area contributed by atoms with Crippen molar-refractivity contribution >= 4 is 23.5 Å². The maximum absolute atomic E-state index is 12.4. The van der Waals surface area contributed by atoms with Crippen molar-refractivity contribution in [3.05, 3.63) is 60.2 Å². The number of rotatable bonds is 8. The highest BCUT2D eigenvalue weighted by Gasteiger charge is 2.31. The molecule has 0 bridgehead atoms. The number of ether oxygens (including phenoxy) is 2. The summed E-state index contributed by atoms with van der Waals surface area (Å²) in [5.41, 5.74) is 1.70. The molecule has 7 heteroatoms. The number of hydrogen-bond acceptors (Lipinski definition) is 5. The number of carbonyl (C=O) groups excluding carboxylic acids is 3. The lowest BCUT2D eigenvalue weighted by Crippen LogP contribution is -2.41. The quantitative estimate of drug-likeness (QED) is 0.653. The molecule has 1 aliphatic rings. The zero-order valence-corrected chi connectivity index (χ0v) is 17.1. The zero-order chi connectivity index (χ0) is 21.5. The maximum atomic E-state index is 12.4. The van der Waals surface area contributed by atoms with Crippen molar-refractivity contribution in [2.45, 2.75) is 44.8 Å². The van der Waals surface area contributed by atoms with Crippen LogP contribution >= 0.6 is 0 Å². The van der Waals surface area contributed by atoms with Crippen LogP contribution in [0.5, 0.6) is 5.75 Å². The van der Waals surface area contributed by atoms with Crippen LogP contribution < -0.4 is 15.4 Å². The van der Waals surface area contributed by atoms with Crippen molar-refractivity contribution in [2.75, 3.05) is 11.9 Å². The summed E-state index contributed by atoms with van der Waals surface area (Å²) in [6.45, 7) is 4.01. The van der Waals surface area contributed by atoms with E-state index in [4.69, 9.17) is 9.47 Å². The number of hydrogen-bond donors (Lipinski definition) is 2. The SMILES string of the molecule is CC[C@@H](CNC(=O)[C@H](C)OC(=O)C[C@H]1Oc2ccccc2NC1=O)c1ccccc1. The van der Waals surface area contributed by atoms with Crippen LogP contribution in [0.2, 0.25) is 0 Å². The van der Waals surface area contributed by atoms with Gasteiger partial charge in [-0.05, 0) is 31.0 Å².